The van der Waals surface area contributed by atoms with Gasteiger partial charge in [-0.1, -0.05) is 97.9 Å². The fourth-order valence-corrected chi connectivity index (χ4v) is 7.25. The van der Waals surface area contributed by atoms with E-state index < -0.39 is 0 Å². The molecule has 3 nitrogen and oxygen atoms in total. The van der Waals surface area contributed by atoms with Crippen LogP contribution in [0.5, 0.6) is 0 Å². The Hall–Kier alpha value is -4.42. The molecule has 7 rings (SSSR count). The Balaban J connectivity index is 0.000000204. The average molecular weight is 832 g/mol. The van der Waals surface area contributed by atoms with Crippen LogP contribution in [0.15, 0.2) is 103 Å². The quantitative estimate of drug-likeness (QED) is 0.166. The molecule has 0 bridgehead atoms. The standard InChI is InChI=1S/C27H21N2.C19H24N.Ir/c1-4-27(5-2)24-21-12-7-6-9-18(21)13-14-22(24)23-15-16-29-26(25(23)27)19-10-8-11-20(17-19)28-3;1-18(2,3)15-9-7-8-14(12-15)17-13-16(10-11-20-17)19(4,5)6;/h6-9,11-17H,4-5H2,1-2H3;7,9-13H,1-6H3;/q2*-1;. The summed E-state index contributed by atoms with van der Waals surface area (Å²) >= 11 is 0. The van der Waals surface area contributed by atoms with E-state index in [9.17, 15) is 0 Å². The van der Waals surface area contributed by atoms with Gasteiger partial charge in [0.25, 0.3) is 0 Å². The summed E-state index contributed by atoms with van der Waals surface area (Å²) in [7, 11) is 0. The minimum Gasteiger partial charge on any atom is -0.305 e. The molecule has 0 spiro atoms. The van der Waals surface area contributed by atoms with Crippen LogP contribution < -0.4 is 0 Å². The zero-order valence-corrected chi connectivity index (χ0v) is 32.8. The van der Waals surface area contributed by atoms with E-state index in [-0.39, 0.29) is 36.4 Å². The van der Waals surface area contributed by atoms with Crippen molar-refractivity contribution in [1.82, 2.24) is 9.97 Å². The van der Waals surface area contributed by atoms with Gasteiger partial charge in [-0.05, 0) is 85.8 Å². The molecule has 0 saturated carbocycles. The van der Waals surface area contributed by atoms with Crippen LogP contribution in [0.25, 0.3) is 49.3 Å². The Bertz CT molecular complexity index is 2130. The van der Waals surface area contributed by atoms with E-state index in [0.29, 0.717) is 5.69 Å². The van der Waals surface area contributed by atoms with Crippen LogP contribution in [0, 0.1) is 18.7 Å². The van der Waals surface area contributed by atoms with Gasteiger partial charge in [0.2, 0.25) is 0 Å². The van der Waals surface area contributed by atoms with Crippen molar-refractivity contribution in [2.75, 3.05) is 0 Å². The predicted molar refractivity (Wildman–Crippen MR) is 205 cm³/mol. The van der Waals surface area contributed by atoms with Crippen LogP contribution in [-0.2, 0) is 36.4 Å². The summed E-state index contributed by atoms with van der Waals surface area (Å²) in [5, 5.41) is 2.61. The third-order valence-corrected chi connectivity index (χ3v) is 10.1. The Morgan fingerprint density at radius 2 is 1.32 bits per heavy atom. The molecule has 6 aromatic rings. The number of hydrogen-bond donors (Lipinski definition) is 0. The molecule has 50 heavy (non-hydrogen) atoms. The summed E-state index contributed by atoms with van der Waals surface area (Å²) in [4.78, 5) is 12.9. The van der Waals surface area contributed by atoms with Gasteiger partial charge in [0, 0.05) is 37.9 Å². The molecule has 4 aromatic carbocycles. The maximum atomic E-state index is 7.39. The first-order valence-electron chi connectivity index (χ1n) is 17.3. The summed E-state index contributed by atoms with van der Waals surface area (Å²) in [5.41, 5.74) is 12.6. The first-order chi connectivity index (χ1) is 23.4. The van der Waals surface area contributed by atoms with Crippen molar-refractivity contribution < 1.29 is 20.1 Å². The molecule has 0 N–H and O–H groups in total. The first-order valence-corrected chi connectivity index (χ1v) is 17.3. The predicted octanol–water partition coefficient (Wildman–Crippen LogP) is 12.5. The van der Waals surface area contributed by atoms with Crippen LogP contribution in [-0.4, -0.2) is 9.97 Å². The van der Waals surface area contributed by atoms with Gasteiger partial charge in [-0.3, -0.25) is 4.85 Å². The normalized spacial score (nSPS) is 12.9. The summed E-state index contributed by atoms with van der Waals surface area (Å²) in [6.07, 6.45) is 5.79. The number of rotatable bonds is 4. The third kappa shape index (κ3) is 6.83. The van der Waals surface area contributed by atoms with Gasteiger partial charge >= 0.3 is 0 Å². The van der Waals surface area contributed by atoms with Crippen molar-refractivity contribution in [1.29, 1.82) is 0 Å². The largest absolute Gasteiger partial charge is 0.305 e. The number of pyridine rings is 2. The second kappa shape index (κ2) is 14.4. The fraction of sp³-hybridized carbons (Fsp3) is 0.283. The Morgan fingerprint density at radius 1 is 0.680 bits per heavy atom. The average Bonchev–Trinajstić information content (AvgIpc) is 3.42. The van der Waals surface area contributed by atoms with E-state index in [1.807, 2.05) is 30.6 Å². The summed E-state index contributed by atoms with van der Waals surface area (Å²) < 4.78 is 0. The van der Waals surface area contributed by atoms with Crippen LogP contribution >= 0.6 is 0 Å². The molecule has 0 saturated heterocycles. The van der Waals surface area contributed by atoms with Crippen molar-refractivity contribution in [3.63, 3.8) is 0 Å². The number of benzene rings is 4. The van der Waals surface area contributed by atoms with Crippen LogP contribution in [0.2, 0.25) is 0 Å². The molecule has 1 radical (unpaired) electrons. The van der Waals surface area contributed by atoms with E-state index >= 15 is 0 Å². The Labute approximate surface area is 312 Å². The minimum absolute atomic E-state index is 0. The van der Waals surface area contributed by atoms with E-state index in [1.54, 1.807) is 6.07 Å². The summed E-state index contributed by atoms with van der Waals surface area (Å²) in [5.74, 6) is 0. The van der Waals surface area contributed by atoms with Gasteiger partial charge in [0.05, 0.1) is 6.57 Å². The molecule has 2 heterocycles. The molecule has 1 aliphatic rings. The molecule has 2 aromatic heterocycles. The first kappa shape index (κ1) is 36.8. The van der Waals surface area contributed by atoms with Gasteiger partial charge in [-0.15, -0.1) is 59.2 Å². The number of fused-ring (bicyclic) bond motifs is 5. The molecule has 0 unspecified atom stereocenters. The summed E-state index contributed by atoms with van der Waals surface area (Å²) in [6.45, 7) is 25.3. The molecule has 0 atom stereocenters. The van der Waals surface area contributed by atoms with Crippen molar-refractivity contribution in [2.45, 2.75) is 84.5 Å². The molecule has 255 valence electrons. The van der Waals surface area contributed by atoms with Gasteiger partial charge in [-0.2, -0.15) is 6.07 Å². The molecule has 0 aliphatic heterocycles. The Kier molecular flexibility index (Phi) is 10.6. The molecule has 4 heteroatoms. The van der Waals surface area contributed by atoms with Crippen molar-refractivity contribution in [3.8, 4) is 33.6 Å². The van der Waals surface area contributed by atoms with Crippen LogP contribution in [0.4, 0.5) is 5.69 Å². The molecule has 1 aliphatic carbocycles. The molecule has 0 fully saturated rings. The number of aromatic nitrogens is 2. The van der Waals surface area contributed by atoms with Gasteiger partial charge in [-0.25, -0.2) is 0 Å². The fourth-order valence-electron chi connectivity index (χ4n) is 7.25. The smallest absolute Gasteiger partial charge is 0.108 e. The van der Waals surface area contributed by atoms with E-state index in [0.717, 1.165) is 35.4 Å². The number of hydrogen-bond acceptors (Lipinski definition) is 2. The van der Waals surface area contributed by atoms with Gasteiger partial charge in [0.15, 0.2) is 0 Å². The maximum Gasteiger partial charge on any atom is 0.108 e. The zero-order valence-electron chi connectivity index (χ0n) is 30.4. The second-order valence-electron chi connectivity index (χ2n) is 15.1. The van der Waals surface area contributed by atoms with E-state index in [4.69, 9.17) is 11.6 Å². The van der Waals surface area contributed by atoms with Gasteiger partial charge < -0.3 is 9.97 Å². The van der Waals surface area contributed by atoms with Crippen LogP contribution in [0.1, 0.15) is 90.5 Å². The van der Waals surface area contributed by atoms with E-state index in [1.165, 1.54) is 44.2 Å². The zero-order chi connectivity index (χ0) is 35.0. The molecular formula is C46H45IrN3-2. The monoisotopic (exact) mass is 832 g/mol. The maximum absolute atomic E-state index is 7.39. The van der Waals surface area contributed by atoms with E-state index in [2.05, 4.69) is 144 Å². The van der Waals surface area contributed by atoms with Gasteiger partial charge in [0.1, 0.15) is 5.69 Å². The Morgan fingerprint density at radius 3 is 2.02 bits per heavy atom. The minimum atomic E-state index is -0.100. The van der Waals surface area contributed by atoms with Crippen molar-refractivity contribution in [3.05, 3.63) is 149 Å². The number of nitrogens with zero attached hydrogens (tertiary/aromatic N) is 3. The molecule has 0 amide bonds. The van der Waals surface area contributed by atoms with Crippen molar-refractivity contribution in [2.24, 2.45) is 0 Å². The second-order valence-corrected chi connectivity index (χ2v) is 15.1. The molecular weight excluding hydrogens is 787 g/mol. The SMILES string of the molecule is CC(C)(C)c1cc[c-]c(-c2cc(C(C)(C)C)ccn2)c1.[C-]#[N+]c1cc[c-]c(-c2nccc3c2C(CC)(CC)c2c-3ccc3ccccc23)c1.[Ir]. The van der Waals surface area contributed by atoms with Crippen molar-refractivity contribution >= 4 is 16.5 Å². The third-order valence-electron chi connectivity index (χ3n) is 10.1. The summed E-state index contributed by atoms with van der Waals surface area (Å²) in [6, 6.07) is 38.1. The topological polar surface area (TPSA) is 30.1 Å². The van der Waals surface area contributed by atoms with Crippen LogP contribution in [0.3, 0.4) is 0 Å².